The number of benzene rings is 4. The third-order valence-electron chi connectivity index (χ3n) is 10.6. The van der Waals surface area contributed by atoms with Crippen LogP contribution in [0.4, 0.5) is 0 Å². The summed E-state index contributed by atoms with van der Waals surface area (Å²) in [5.74, 6) is 0. The molecule has 64 heavy (non-hydrogen) atoms. The van der Waals surface area contributed by atoms with Crippen LogP contribution in [0.15, 0.2) is 141 Å². The van der Waals surface area contributed by atoms with E-state index < -0.39 is 40.5 Å². The highest BCUT2D eigenvalue weighted by atomic mass is 32.2. The van der Waals surface area contributed by atoms with Gasteiger partial charge in [-0.2, -0.15) is 33.7 Å². The van der Waals surface area contributed by atoms with E-state index >= 15 is 0 Å². The normalized spacial score (nSPS) is 13.3. The van der Waals surface area contributed by atoms with Gasteiger partial charge < -0.3 is 0 Å². The van der Waals surface area contributed by atoms with Crippen LogP contribution in [0.5, 0.6) is 0 Å². The molecule has 2 aliphatic rings. The maximum absolute atomic E-state index is 12.0. The van der Waals surface area contributed by atoms with Gasteiger partial charge in [-0.05, 0) is 120 Å². The topological polar surface area (TPSA) is 243 Å². The van der Waals surface area contributed by atoms with Gasteiger partial charge in [-0.3, -0.25) is 23.2 Å². The largest absolute Gasteiger partial charge is 0.294 e. The van der Waals surface area contributed by atoms with E-state index in [0.29, 0.717) is 98.9 Å². The summed E-state index contributed by atoms with van der Waals surface area (Å²) in [4.78, 5) is 9.12. The molecule has 0 spiro atoms. The van der Waals surface area contributed by atoms with Gasteiger partial charge in [0.1, 0.15) is 0 Å². The Bertz CT molecular complexity index is 3490. The molecule has 3 aromatic heterocycles. The second-order valence-electron chi connectivity index (χ2n) is 14.5. The van der Waals surface area contributed by atoms with Crippen LogP contribution in [-0.2, 0) is 53.3 Å². The van der Waals surface area contributed by atoms with Gasteiger partial charge in [0, 0.05) is 41.1 Å². The molecule has 9 rings (SSSR count). The van der Waals surface area contributed by atoms with Crippen LogP contribution in [-0.4, -0.2) is 61.9 Å². The number of hydrogen-bond acceptors (Lipinski definition) is 12. The molecule has 324 valence electrons. The monoisotopic (exact) mass is 970 g/mol. The summed E-state index contributed by atoms with van der Waals surface area (Å²) in [7, 11) is -18.1. The Labute approximate surface area is 374 Å². The van der Waals surface area contributed by atoms with Crippen molar-refractivity contribution in [3.05, 3.63) is 144 Å². The van der Waals surface area contributed by atoms with Crippen molar-refractivity contribution in [1.82, 2.24) is 9.97 Å². The lowest BCUT2D eigenvalue weighted by Gasteiger charge is -2.07. The maximum atomic E-state index is 12.0. The van der Waals surface area contributed by atoms with Gasteiger partial charge in [-0.1, -0.05) is 48.5 Å². The van der Waals surface area contributed by atoms with Crippen molar-refractivity contribution in [1.29, 1.82) is 0 Å². The van der Waals surface area contributed by atoms with Crippen LogP contribution in [0.25, 0.3) is 75.5 Å². The molecule has 0 atom stereocenters. The Kier molecular flexibility index (Phi) is 10.9. The van der Waals surface area contributed by atoms with E-state index in [0.717, 1.165) is 0 Å². The first-order valence-corrected chi connectivity index (χ1v) is 26.2. The lowest BCUT2D eigenvalue weighted by molar-refractivity contribution is 0.481. The fraction of sp³-hybridized carbons (Fsp3) is 0.0455. The molecule has 4 aromatic carbocycles. The quantitative estimate of drug-likeness (QED) is 0.104. The maximum Gasteiger partial charge on any atom is 0.294 e. The van der Waals surface area contributed by atoms with E-state index in [2.05, 4.69) is 0 Å². The lowest BCUT2D eigenvalue weighted by atomic mass is 10.0. The minimum Gasteiger partial charge on any atom is -0.282 e. The molecule has 0 fully saturated rings. The van der Waals surface area contributed by atoms with Gasteiger partial charge in [0.25, 0.3) is 40.5 Å². The minimum absolute atomic E-state index is 0.303. The zero-order valence-corrected chi connectivity index (χ0v) is 37.4. The van der Waals surface area contributed by atoms with Crippen molar-refractivity contribution < 1.29 is 51.9 Å². The Morgan fingerprint density at radius 2 is 0.594 bits per heavy atom. The van der Waals surface area contributed by atoms with Crippen LogP contribution in [0, 0.1) is 0 Å². The molecule has 0 amide bonds. The smallest absolute Gasteiger partial charge is 0.282 e. The van der Waals surface area contributed by atoms with Crippen molar-refractivity contribution in [3.63, 3.8) is 0 Å². The molecule has 0 unspecified atom stereocenters. The minimum atomic E-state index is -4.52. The van der Waals surface area contributed by atoms with E-state index in [1.54, 1.807) is 60.7 Å². The summed E-state index contributed by atoms with van der Waals surface area (Å²) in [5, 5.41) is 0. The molecule has 2 aliphatic heterocycles. The van der Waals surface area contributed by atoms with Crippen LogP contribution in [0.2, 0.25) is 0 Å². The highest BCUT2D eigenvalue weighted by molar-refractivity contribution is 7.86. The third kappa shape index (κ3) is 8.48. The summed E-state index contributed by atoms with van der Waals surface area (Å²) in [6.45, 7) is 0. The van der Waals surface area contributed by atoms with E-state index in [4.69, 9.17) is 9.97 Å². The SMILES string of the molecule is O=S(=O)(O)c1ccc(-c2c3nc(c(-c4ccc(S(=O)(=O)O)cc4)c4ccc(s4)c(-c4ccc(S(=O)(=O)O)cc4)c4nc(c(-c5ccc(S(=O)(=O)O)cc5)c5ccc2s5)CC4)C=C3)cc1. The predicted molar refractivity (Wildman–Crippen MR) is 245 cm³/mol. The first-order chi connectivity index (χ1) is 30.2. The fourth-order valence-electron chi connectivity index (χ4n) is 7.64. The van der Waals surface area contributed by atoms with Crippen molar-refractivity contribution in [2.45, 2.75) is 32.4 Å². The predicted octanol–water partition coefficient (Wildman–Crippen LogP) is 9.39. The molecule has 20 heteroatoms. The summed E-state index contributed by atoms with van der Waals surface area (Å²) < 4.78 is 138. The Morgan fingerprint density at radius 1 is 0.344 bits per heavy atom. The average Bonchev–Trinajstić information content (AvgIpc) is 4.08. The summed E-state index contributed by atoms with van der Waals surface area (Å²) >= 11 is 2.72. The lowest BCUT2D eigenvalue weighted by Crippen LogP contribution is -1.97. The van der Waals surface area contributed by atoms with Crippen LogP contribution in [0.3, 0.4) is 0 Å². The second-order valence-corrected chi connectivity index (χ2v) is 22.4. The van der Waals surface area contributed by atoms with Gasteiger partial charge in [0.15, 0.2) is 0 Å². The van der Waals surface area contributed by atoms with Crippen molar-refractivity contribution in [2.75, 3.05) is 0 Å². The molecular formula is C44H30N2O12S6. The van der Waals surface area contributed by atoms with Gasteiger partial charge in [0.2, 0.25) is 0 Å². The molecule has 7 aromatic rings. The van der Waals surface area contributed by atoms with Crippen molar-refractivity contribution >= 4 is 94.1 Å². The summed E-state index contributed by atoms with van der Waals surface area (Å²) in [6, 6.07) is 30.3. The highest BCUT2D eigenvalue weighted by Gasteiger charge is 2.23. The number of thiophene rings is 2. The number of aryl methyl sites for hydroxylation is 2. The zero-order valence-electron chi connectivity index (χ0n) is 32.5. The van der Waals surface area contributed by atoms with Crippen LogP contribution < -0.4 is 0 Å². The van der Waals surface area contributed by atoms with Gasteiger partial charge in [-0.15, -0.1) is 22.7 Å². The Hall–Kier alpha value is -5.78. The van der Waals surface area contributed by atoms with E-state index in [9.17, 15) is 51.9 Å². The standard InChI is InChI=1S/C44H30N2O12S6/c47-61(48,49)29-9-1-25(2-10-29)41-33-17-18-34(45-33)42(26-3-11-30(12-4-26)62(50,51)52)39-23-24-40(60-39)44(28-7-15-32(16-8-28)64(56,57)58)36-20-19-35(46-36)43(38-22-21-37(41)59-38)27-5-13-31(14-6-27)63(53,54)55/h1-18,21-24H,19-20H2,(H,47,48,49)(H,50,51,52)(H,53,54,55)(H,56,57,58). The second kappa shape index (κ2) is 16.0. The van der Waals surface area contributed by atoms with Crippen molar-refractivity contribution in [2.24, 2.45) is 0 Å². The third-order valence-corrected chi connectivity index (χ3v) is 16.3. The average molecular weight is 971 g/mol. The van der Waals surface area contributed by atoms with Gasteiger partial charge in [-0.25, -0.2) is 4.98 Å². The summed E-state index contributed by atoms with van der Waals surface area (Å²) in [5.41, 5.74) is 7.01. The summed E-state index contributed by atoms with van der Waals surface area (Å²) in [6.07, 6.45) is 4.41. The van der Waals surface area contributed by atoms with E-state index in [1.807, 2.05) is 24.3 Å². The fourth-order valence-corrected chi connectivity index (χ4v) is 11.9. The molecular weight excluding hydrogens is 941 g/mol. The molecule has 8 bridgehead atoms. The molecule has 0 saturated heterocycles. The number of fused-ring (bicyclic) bond motifs is 8. The molecule has 4 N–H and O–H groups in total. The molecule has 14 nitrogen and oxygen atoms in total. The van der Waals surface area contributed by atoms with Gasteiger partial charge >= 0.3 is 0 Å². The first-order valence-electron chi connectivity index (χ1n) is 18.8. The first kappa shape index (κ1) is 43.5. The number of nitrogens with zero attached hydrogens (tertiary/aromatic N) is 2. The zero-order chi connectivity index (χ0) is 45.3. The number of rotatable bonds is 8. The molecule has 0 saturated carbocycles. The van der Waals surface area contributed by atoms with Gasteiger partial charge in [0.05, 0.1) is 42.4 Å². The highest BCUT2D eigenvalue weighted by Crippen LogP contribution is 2.43. The van der Waals surface area contributed by atoms with Crippen LogP contribution in [0.1, 0.15) is 22.8 Å². The van der Waals surface area contributed by atoms with Crippen molar-refractivity contribution in [3.8, 4) is 44.5 Å². The number of aromatic nitrogens is 2. The molecule has 0 aliphatic carbocycles. The van der Waals surface area contributed by atoms with E-state index in [-0.39, 0.29) is 19.6 Å². The number of hydrogen-bond donors (Lipinski definition) is 4. The van der Waals surface area contributed by atoms with E-state index in [1.165, 1.54) is 71.2 Å². The molecule has 5 heterocycles. The van der Waals surface area contributed by atoms with Crippen LogP contribution >= 0.6 is 22.7 Å². The molecule has 0 radical (unpaired) electrons. The Morgan fingerprint density at radius 3 is 0.859 bits per heavy atom. The Balaban J connectivity index is 1.43.